The molecule has 0 aliphatic carbocycles. The van der Waals surface area contributed by atoms with Gasteiger partial charge in [0.2, 0.25) is 0 Å². The number of aromatic nitrogens is 1. The van der Waals surface area contributed by atoms with Crippen LogP contribution in [-0.2, 0) is 5.41 Å². The van der Waals surface area contributed by atoms with Crippen LogP contribution in [0.1, 0.15) is 26.3 Å². The monoisotopic (exact) mass is 405 g/mol. The first-order valence-electron chi connectivity index (χ1n) is 10.5. The largest absolute Gasteiger partial charge is 0.309 e. The van der Waals surface area contributed by atoms with E-state index in [9.17, 15) is 0 Å². The van der Waals surface area contributed by atoms with Crippen molar-refractivity contribution in [3.8, 4) is 5.69 Å². The van der Waals surface area contributed by atoms with Crippen molar-refractivity contribution in [1.82, 2.24) is 4.57 Å². The number of benzene rings is 4. The Kier molecular flexibility index (Phi) is 3.66. The lowest BCUT2D eigenvalue weighted by molar-refractivity contribution is 0.597. The molecule has 2 heterocycles. The highest BCUT2D eigenvalue weighted by Crippen LogP contribution is 2.43. The lowest BCUT2D eigenvalue weighted by atomic mass is 9.86. The third-order valence-corrected chi connectivity index (χ3v) is 7.32. The Bertz CT molecular complexity index is 1560. The van der Waals surface area contributed by atoms with Crippen molar-refractivity contribution < 1.29 is 0 Å². The summed E-state index contributed by atoms with van der Waals surface area (Å²) < 4.78 is 5.19. The van der Waals surface area contributed by atoms with E-state index in [2.05, 4.69) is 110 Å². The highest BCUT2D eigenvalue weighted by atomic mass is 32.1. The van der Waals surface area contributed by atoms with Gasteiger partial charge in [-0.25, -0.2) is 0 Å². The Labute approximate surface area is 180 Å². The summed E-state index contributed by atoms with van der Waals surface area (Å²) in [5, 5.41) is 5.36. The predicted octanol–water partition coefficient (Wildman–Crippen LogP) is 8.45. The van der Waals surface area contributed by atoms with E-state index in [1.165, 1.54) is 53.2 Å². The third-order valence-electron chi connectivity index (χ3n) is 6.11. The Morgan fingerprint density at radius 2 is 1.37 bits per heavy atom. The van der Waals surface area contributed by atoms with Crippen molar-refractivity contribution in [3.63, 3.8) is 0 Å². The molecular weight excluding hydrogens is 382 g/mol. The second-order valence-electron chi connectivity index (χ2n) is 9.09. The normalized spacial score (nSPS) is 12.5. The predicted molar refractivity (Wildman–Crippen MR) is 132 cm³/mol. The van der Waals surface area contributed by atoms with E-state index in [1.807, 2.05) is 11.3 Å². The van der Waals surface area contributed by atoms with Crippen molar-refractivity contribution in [1.29, 1.82) is 0 Å². The molecule has 0 saturated heterocycles. The van der Waals surface area contributed by atoms with E-state index >= 15 is 0 Å². The van der Waals surface area contributed by atoms with Gasteiger partial charge in [-0.15, -0.1) is 11.3 Å². The van der Waals surface area contributed by atoms with Crippen LogP contribution in [0.3, 0.4) is 0 Å². The summed E-state index contributed by atoms with van der Waals surface area (Å²) in [6, 6.07) is 31.0. The second kappa shape index (κ2) is 6.20. The number of thiophene rings is 1. The summed E-state index contributed by atoms with van der Waals surface area (Å²) in [4.78, 5) is 0. The molecule has 2 aromatic heterocycles. The number of nitrogens with zero attached hydrogens (tertiary/aromatic N) is 1. The molecule has 0 unspecified atom stereocenters. The Balaban J connectivity index is 1.79. The maximum atomic E-state index is 2.41. The molecule has 1 nitrogen and oxygen atoms in total. The molecule has 0 aliphatic heterocycles. The van der Waals surface area contributed by atoms with E-state index in [0.29, 0.717) is 0 Å². The number of fused-ring (bicyclic) bond motifs is 6. The van der Waals surface area contributed by atoms with Gasteiger partial charge >= 0.3 is 0 Å². The Hall–Kier alpha value is -3.10. The summed E-state index contributed by atoms with van der Waals surface area (Å²) in [5.41, 5.74) is 5.30. The van der Waals surface area contributed by atoms with Crippen LogP contribution in [0.25, 0.3) is 47.7 Å². The van der Waals surface area contributed by atoms with E-state index in [1.54, 1.807) is 0 Å². The molecule has 0 amide bonds. The standard InChI is InChI=1S/C28H23NS/c1-28(2,3)23-14-9-13-20-22-16-25-21(17-26(22)30-27(20)23)19-12-7-8-15-24(19)29(25)18-10-5-4-6-11-18/h4-17H,1-3H3. The number of hydrogen-bond donors (Lipinski definition) is 0. The van der Waals surface area contributed by atoms with Gasteiger partial charge in [0.1, 0.15) is 0 Å². The van der Waals surface area contributed by atoms with Crippen LogP contribution in [-0.4, -0.2) is 4.57 Å². The van der Waals surface area contributed by atoms with Crippen molar-refractivity contribution in [2.75, 3.05) is 0 Å². The zero-order valence-electron chi connectivity index (χ0n) is 17.4. The minimum absolute atomic E-state index is 0.131. The fraction of sp³-hybridized carbons (Fsp3) is 0.143. The molecule has 6 aromatic rings. The molecule has 0 radical (unpaired) electrons. The fourth-order valence-electron chi connectivity index (χ4n) is 4.71. The summed E-state index contributed by atoms with van der Waals surface area (Å²) in [5.74, 6) is 0. The van der Waals surface area contributed by atoms with Crippen molar-refractivity contribution in [3.05, 3.63) is 90.5 Å². The fourth-order valence-corrected chi connectivity index (χ4v) is 6.15. The highest BCUT2D eigenvalue weighted by Gasteiger charge is 2.20. The Morgan fingerprint density at radius 1 is 0.633 bits per heavy atom. The van der Waals surface area contributed by atoms with Crippen LogP contribution >= 0.6 is 11.3 Å². The van der Waals surface area contributed by atoms with Crippen LogP contribution in [0.2, 0.25) is 0 Å². The zero-order chi connectivity index (χ0) is 20.5. The van der Waals surface area contributed by atoms with Gasteiger partial charge in [-0.2, -0.15) is 0 Å². The molecule has 146 valence electrons. The van der Waals surface area contributed by atoms with Gasteiger partial charge in [-0.3, -0.25) is 0 Å². The molecule has 4 aromatic carbocycles. The molecular formula is C28H23NS. The minimum atomic E-state index is 0.131. The Morgan fingerprint density at radius 3 is 2.17 bits per heavy atom. The molecule has 0 spiro atoms. The average molecular weight is 406 g/mol. The minimum Gasteiger partial charge on any atom is -0.309 e. The van der Waals surface area contributed by atoms with Crippen LogP contribution in [0, 0.1) is 0 Å². The second-order valence-corrected chi connectivity index (χ2v) is 10.1. The van der Waals surface area contributed by atoms with Crippen LogP contribution in [0.4, 0.5) is 0 Å². The van der Waals surface area contributed by atoms with Crippen LogP contribution in [0.15, 0.2) is 84.9 Å². The topological polar surface area (TPSA) is 4.93 Å². The van der Waals surface area contributed by atoms with Crippen molar-refractivity contribution in [2.24, 2.45) is 0 Å². The average Bonchev–Trinajstić information content (AvgIpc) is 3.27. The molecule has 0 fully saturated rings. The summed E-state index contributed by atoms with van der Waals surface area (Å²) in [7, 11) is 0. The highest BCUT2D eigenvalue weighted by molar-refractivity contribution is 7.26. The molecule has 0 N–H and O–H groups in total. The van der Waals surface area contributed by atoms with E-state index < -0.39 is 0 Å². The van der Waals surface area contributed by atoms with Gasteiger partial charge in [-0.1, -0.05) is 75.4 Å². The van der Waals surface area contributed by atoms with Gasteiger partial charge in [0.05, 0.1) is 11.0 Å². The first kappa shape index (κ1) is 17.7. The first-order valence-corrected chi connectivity index (χ1v) is 11.3. The van der Waals surface area contributed by atoms with Crippen molar-refractivity contribution >= 4 is 53.3 Å². The maximum Gasteiger partial charge on any atom is 0.0548 e. The molecule has 30 heavy (non-hydrogen) atoms. The van der Waals surface area contributed by atoms with Gasteiger partial charge in [0.25, 0.3) is 0 Å². The quantitative estimate of drug-likeness (QED) is 0.258. The maximum absolute atomic E-state index is 2.41. The SMILES string of the molecule is CC(C)(C)c1cccc2c1sc1cc3c4ccccc4n(-c4ccccc4)c3cc12. The van der Waals surface area contributed by atoms with E-state index in [4.69, 9.17) is 0 Å². The number of rotatable bonds is 1. The number of para-hydroxylation sites is 2. The first-order chi connectivity index (χ1) is 14.5. The van der Waals surface area contributed by atoms with E-state index in [-0.39, 0.29) is 5.41 Å². The number of hydrogen-bond acceptors (Lipinski definition) is 1. The molecule has 0 bridgehead atoms. The van der Waals surface area contributed by atoms with Crippen LogP contribution < -0.4 is 0 Å². The molecule has 2 heteroatoms. The van der Waals surface area contributed by atoms with Crippen molar-refractivity contribution in [2.45, 2.75) is 26.2 Å². The lowest BCUT2D eigenvalue weighted by Gasteiger charge is -2.19. The van der Waals surface area contributed by atoms with Gasteiger partial charge in [0.15, 0.2) is 0 Å². The molecule has 0 aliphatic rings. The van der Waals surface area contributed by atoms with E-state index in [0.717, 1.165) is 0 Å². The third kappa shape index (κ3) is 2.47. The molecule has 0 atom stereocenters. The van der Waals surface area contributed by atoms with Gasteiger partial charge in [0, 0.05) is 36.6 Å². The summed E-state index contributed by atoms with van der Waals surface area (Å²) >= 11 is 1.93. The van der Waals surface area contributed by atoms with Gasteiger partial charge in [-0.05, 0) is 41.3 Å². The molecule has 0 saturated carbocycles. The van der Waals surface area contributed by atoms with Crippen LogP contribution in [0.5, 0.6) is 0 Å². The smallest absolute Gasteiger partial charge is 0.0548 e. The molecule has 6 rings (SSSR count). The summed E-state index contributed by atoms with van der Waals surface area (Å²) in [6.45, 7) is 6.92. The zero-order valence-corrected chi connectivity index (χ0v) is 18.3. The van der Waals surface area contributed by atoms with Gasteiger partial charge < -0.3 is 4.57 Å². The summed E-state index contributed by atoms with van der Waals surface area (Å²) in [6.07, 6.45) is 0. The lowest BCUT2D eigenvalue weighted by Crippen LogP contribution is -2.10.